The number of carbonyl (C=O) groups is 1. The molecule has 0 aromatic heterocycles. The highest BCUT2D eigenvalue weighted by molar-refractivity contribution is 5.66. The Morgan fingerprint density at radius 2 is 2.15 bits per heavy atom. The molecule has 3 heteroatoms. The molecule has 13 heavy (non-hydrogen) atoms. The van der Waals surface area contributed by atoms with Crippen molar-refractivity contribution in [3.05, 3.63) is 0 Å². The molecule has 1 atom stereocenters. The van der Waals surface area contributed by atoms with Crippen LogP contribution in [0.25, 0.3) is 0 Å². The minimum atomic E-state index is -0.825. The Hall–Kier alpha value is -0.570. The number of rotatable bonds is 5. The average Bonchev–Trinajstić information content (AvgIpc) is 1.94. The van der Waals surface area contributed by atoms with Crippen LogP contribution in [0, 0.1) is 5.92 Å². The van der Waals surface area contributed by atoms with Gasteiger partial charge in [0.2, 0.25) is 0 Å². The van der Waals surface area contributed by atoms with Crippen molar-refractivity contribution in [1.29, 1.82) is 0 Å². The molecule has 0 amide bonds. The third kappa shape index (κ3) is 3.77. The van der Waals surface area contributed by atoms with Crippen molar-refractivity contribution < 1.29 is 15.0 Å². The van der Waals surface area contributed by atoms with E-state index in [1.54, 1.807) is 6.92 Å². The standard InChI is InChI=1S/C10H18O3/c1-10(13,6-5-9(11)12)7-8-3-2-4-8/h8,13H,2-7H2,1H3,(H,11,12). The minimum Gasteiger partial charge on any atom is -0.481 e. The molecular weight excluding hydrogens is 168 g/mol. The van der Waals surface area contributed by atoms with Gasteiger partial charge in [0.15, 0.2) is 0 Å². The van der Waals surface area contributed by atoms with Gasteiger partial charge in [-0.2, -0.15) is 0 Å². The number of hydrogen-bond donors (Lipinski definition) is 2. The third-order valence-corrected chi connectivity index (χ3v) is 2.83. The number of hydrogen-bond acceptors (Lipinski definition) is 2. The smallest absolute Gasteiger partial charge is 0.303 e. The van der Waals surface area contributed by atoms with E-state index >= 15 is 0 Å². The fourth-order valence-electron chi connectivity index (χ4n) is 1.80. The molecule has 0 aliphatic heterocycles. The van der Waals surface area contributed by atoms with Gasteiger partial charge in [0.05, 0.1) is 5.60 Å². The predicted molar refractivity (Wildman–Crippen MR) is 49.5 cm³/mol. The van der Waals surface area contributed by atoms with Gasteiger partial charge in [-0.15, -0.1) is 0 Å². The number of carboxylic acid groups (broad SMARTS) is 1. The SMILES string of the molecule is CC(O)(CCC(=O)O)CC1CCC1. The molecule has 0 aromatic carbocycles. The first kappa shape index (κ1) is 10.5. The van der Waals surface area contributed by atoms with Crippen molar-refractivity contribution in [1.82, 2.24) is 0 Å². The maximum absolute atomic E-state index is 10.3. The van der Waals surface area contributed by atoms with Crippen molar-refractivity contribution in [3.8, 4) is 0 Å². The van der Waals surface area contributed by atoms with Crippen molar-refractivity contribution in [3.63, 3.8) is 0 Å². The highest BCUT2D eigenvalue weighted by Gasteiger charge is 2.29. The lowest BCUT2D eigenvalue weighted by molar-refractivity contribution is -0.138. The number of carboxylic acids is 1. The summed E-state index contributed by atoms with van der Waals surface area (Å²) in [7, 11) is 0. The summed E-state index contributed by atoms with van der Waals surface area (Å²) in [5.74, 6) is -0.197. The zero-order valence-corrected chi connectivity index (χ0v) is 8.12. The summed E-state index contributed by atoms with van der Waals surface area (Å²) < 4.78 is 0. The normalized spacial score (nSPS) is 22.0. The van der Waals surface area contributed by atoms with E-state index in [1.807, 2.05) is 0 Å². The predicted octanol–water partition coefficient (Wildman–Crippen LogP) is 1.79. The van der Waals surface area contributed by atoms with Crippen LogP contribution in [0.1, 0.15) is 45.4 Å². The summed E-state index contributed by atoms with van der Waals surface area (Å²) in [6, 6.07) is 0. The average molecular weight is 186 g/mol. The van der Waals surface area contributed by atoms with Crippen LogP contribution >= 0.6 is 0 Å². The van der Waals surface area contributed by atoms with Crippen molar-refractivity contribution >= 4 is 5.97 Å². The molecule has 1 rings (SSSR count). The Balaban J connectivity index is 2.22. The first-order chi connectivity index (χ1) is 5.99. The van der Waals surface area contributed by atoms with Gasteiger partial charge < -0.3 is 10.2 Å². The zero-order chi connectivity index (χ0) is 9.90. The van der Waals surface area contributed by atoms with Gasteiger partial charge in [0.1, 0.15) is 0 Å². The van der Waals surface area contributed by atoms with Gasteiger partial charge >= 0.3 is 5.97 Å². The third-order valence-electron chi connectivity index (χ3n) is 2.83. The lowest BCUT2D eigenvalue weighted by atomic mass is 9.76. The molecule has 0 saturated heterocycles. The first-order valence-corrected chi connectivity index (χ1v) is 4.94. The molecule has 2 N–H and O–H groups in total. The highest BCUT2D eigenvalue weighted by atomic mass is 16.4. The van der Waals surface area contributed by atoms with Gasteiger partial charge in [-0.25, -0.2) is 0 Å². The van der Waals surface area contributed by atoms with E-state index in [-0.39, 0.29) is 6.42 Å². The Morgan fingerprint density at radius 3 is 2.54 bits per heavy atom. The zero-order valence-electron chi connectivity index (χ0n) is 8.12. The molecule has 1 fully saturated rings. The van der Waals surface area contributed by atoms with Crippen molar-refractivity contribution in [2.24, 2.45) is 5.92 Å². The monoisotopic (exact) mass is 186 g/mol. The van der Waals surface area contributed by atoms with Gasteiger partial charge in [-0.05, 0) is 25.7 Å². The molecule has 1 saturated carbocycles. The second-order valence-corrected chi connectivity index (χ2v) is 4.39. The lowest BCUT2D eigenvalue weighted by Gasteiger charge is -2.33. The maximum atomic E-state index is 10.3. The Bertz CT molecular complexity index is 183. The molecule has 0 heterocycles. The molecule has 0 radical (unpaired) electrons. The molecule has 1 unspecified atom stereocenters. The summed E-state index contributed by atoms with van der Waals surface area (Å²) in [5, 5.41) is 18.3. The second-order valence-electron chi connectivity index (χ2n) is 4.39. The van der Waals surface area contributed by atoms with E-state index in [0.29, 0.717) is 12.3 Å². The topological polar surface area (TPSA) is 57.5 Å². The van der Waals surface area contributed by atoms with Gasteiger partial charge in [0, 0.05) is 6.42 Å². The van der Waals surface area contributed by atoms with E-state index in [2.05, 4.69) is 0 Å². The van der Waals surface area contributed by atoms with Crippen LogP contribution in [0.3, 0.4) is 0 Å². The Labute approximate surface area is 78.8 Å². The summed E-state index contributed by atoms with van der Waals surface area (Å²) in [6.07, 6.45) is 4.87. The highest BCUT2D eigenvalue weighted by Crippen LogP contribution is 2.35. The van der Waals surface area contributed by atoms with Crippen LogP contribution < -0.4 is 0 Å². The molecule has 1 aliphatic rings. The Kier molecular flexibility index (Phi) is 3.31. The van der Waals surface area contributed by atoms with Crippen LogP contribution in [-0.2, 0) is 4.79 Å². The molecule has 3 nitrogen and oxygen atoms in total. The molecular formula is C10H18O3. The van der Waals surface area contributed by atoms with Crippen LogP contribution in [-0.4, -0.2) is 21.8 Å². The number of aliphatic hydroxyl groups is 1. The molecule has 0 spiro atoms. The minimum absolute atomic E-state index is 0.0692. The quantitative estimate of drug-likeness (QED) is 0.688. The van der Waals surface area contributed by atoms with E-state index in [1.165, 1.54) is 19.3 Å². The van der Waals surface area contributed by atoms with Crippen molar-refractivity contribution in [2.75, 3.05) is 0 Å². The van der Waals surface area contributed by atoms with Crippen LogP contribution in [0.4, 0.5) is 0 Å². The lowest BCUT2D eigenvalue weighted by Crippen LogP contribution is -2.30. The summed E-state index contributed by atoms with van der Waals surface area (Å²) in [5.41, 5.74) is -0.774. The van der Waals surface area contributed by atoms with E-state index in [9.17, 15) is 9.90 Å². The molecule has 0 aromatic rings. The second kappa shape index (κ2) is 4.09. The van der Waals surface area contributed by atoms with Crippen molar-refractivity contribution in [2.45, 2.75) is 51.0 Å². The van der Waals surface area contributed by atoms with Gasteiger partial charge in [0.25, 0.3) is 0 Å². The molecule has 76 valence electrons. The molecule has 0 bridgehead atoms. The van der Waals surface area contributed by atoms with E-state index in [0.717, 1.165) is 6.42 Å². The van der Waals surface area contributed by atoms with Crippen LogP contribution in [0.5, 0.6) is 0 Å². The largest absolute Gasteiger partial charge is 0.481 e. The molecule has 1 aliphatic carbocycles. The van der Waals surface area contributed by atoms with Crippen LogP contribution in [0.2, 0.25) is 0 Å². The fourth-order valence-corrected chi connectivity index (χ4v) is 1.80. The Morgan fingerprint density at radius 1 is 1.54 bits per heavy atom. The first-order valence-electron chi connectivity index (χ1n) is 4.94. The van der Waals surface area contributed by atoms with Gasteiger partial charge in [-0.1, -0.05) is 19.3 Å². The van der Waals surface area contributed by atoms with Crippen LogP contribution in [0.15, 0.2) is 0 Å². The van der Waals surface area contributed by atoms with E-state index < -0.39 is 11.6 Å². The summed E-state index contributed by atoms with van der Waals surface area (Å²) in [6.45, 7) is 1.74. The number of aliphatic carboxylic acids is 1. The fraction of sp³-hybridized carbons (Fsp3) is 0.900. The van der Waals surface area contributed by atoms with E-state index in [4.69, 9.17) is 5.11 Å². The van der Waals surface area contributed by atoms with Gasteiger partial charge in [-0.3, -0.25) is 4.79 Å². The maximum Gasteiger partial charge on any atom is 0.303 e. The summed E-state index contributed by atoms with van der Waals surface area (Å²) >= 11 is 0. The summed E-state index contributed by atoms with van der Waals surface area (Å²) in [4.78, 5) is 10.3.